The molecule has 3 aromatic rings. The van der Waals surface area contributed by atoms with Crippen LogP contribution in [-0.2, 0) is 10.3 Å². The lowest BCUT2D eigenvalue weighted by molar-refractivity contribution is -0.121. The molecule has 0 atom stereocenters. The van der Waals surface area contributed by atoms with Gasteiger partial charge < -0.3 is 15.5 Å². The predicted octanol–water partition coefficient (Wildman–Crippen LogP) is 5.01. The van der Waals surface area contributed by atoms with E-state index >= 15 is 0 Å². The SMILES string of the molecule is CC(=O)NC1(c2ccccc2)CCN(C(=O)Nc2ccccc2-c2ccccc2)CC1. The number of carbonyl (C=O) groups excluding carboxylic acids is 2. The van der Waals surface area contributed by atoms with Crippen molar-refractivity contribution in [3.8, 4) is 11.1 Å². The first kappa shape index (κ1) is 20.7. The Balaban J connectivity index is 1.48. The van der Waals surface area contributed by atoms with Crippen molar-refractivity contribution in [2.24, 2.45) is 0 Å². The topological polar surface area (TPSA) is 61.4 Å². The van der Waals surface area contributed by atoms with Crippen LogP contribution in [0.2, 0.25) is 0 Å². The summed E-state index contributed by atoms with van der Waals surface area (Å²) < 4.78 is 0. The Hall–Kier alpha value is -3.60. The molecule has 1 aliphatic rings. The van der Waals surface area contributed by atoms with Gasteiger partial charge in [-0.15, -0.1) is 0 Å². The van der Waals surface area contributed by atoms with Gasteiger partial charge in [-0.2, -0.15) is 0 Å². The van der Waals surface area contributed by atoms with Crippen LogP contribution in [0.3, 0.4) is 0 Å². The van der Waals surface area contributed by atoms with E-state index in [9.17, 15) is 9.59 Å². The molecule has 0 radical (unpaired) electrons. The number of anilines is 1. The van der Waals surface area contributed by atoms with E-state index in [1.165, 1.54) is 0 Å². The van der Waals surface area contributed by atoms with Gasteiger partial charge in [0, 0.05) is 25.6 Å². The van der Waals surface area contributed by atoms with Crippen LogP contribution in [0, 0.1) is 0 Å². The lowest BCUT2D eigenvalue weighted by Crippen LogP contribution is -2.54. The lowest BCUT2D eigenvalue weighted by Gasteiger charge is -2.42. The van der Waals surface area contributed by atoms with Gasteiger partial charge in [0.05, 0.1) is 11.2 Å². The van der Waals surface area contributed by atoms with Gasteiger partial charge in [-0.25, -0.2) is 4.79 Å². The van der Waals surface area contributed by atoms with E-state index in [4.69, 9.17) is 0 Å². The first-order valence-corrected chi connectivity index (χ1v) is 10.6. The minimum Gasteiger partial charge on any atom is -0.347 e. The number of hydrogen-bond acceptors (Lipinski definition) is 2. The molecule has 1 fully saturated rings. The third-order valence-corrected chi connectivity index (χ3v) is 5.90. The molecule has 0 aliphatic carbocycles. The molecule has 0 spiro atoms. The van der Waals surface area contributed by atoms with Crippen molar-refractivity contribution in [3.05, 3.63) is 90.5 Å². The van der Waals surface area contributed by atoms with Crippen molar-refractivity contribution in [2.45, 2.75) is 25.3 Å². The lowest BCUT2D eigenvalue weighted by atomic mass is 9.81. The molecule has 1 saturated heterocycles. The van der Waals surface area contributed by atoms with Crippen LogP contribution in [-0.4, -0.2) is 29.9 Å². The molecule has 3 aromatic carbocycles. The van der Waals surface area contributed by atoms with E-state index in [0.29, 0.717) is 25.9 Å². The summed E-state index contributed by atoms with van der Waals surface area (Å²) in [5, 5.41) is 6.24. The minimum absolute atomic E-state index is 0.0569. The molecule has 5 heteroatoms. The van der Waals surface area contributed by atoms with Crippen LogP contribution in [0.25, 0.3) is 11.1 Å². The van der Waals surface area contributed by atoms with Crippen LogP contribution >= 0.6 is 0 Å². The predicted molar refractivity (Wildman–Crippen MR) is 124 cm³/mol. The van der Waals surface area contributed by atoms with Gasteiger partial charge in [-0.1, -0.05) is 78.9 Å². The van der Waals surface area contributed by atoms with E-state index < -0.39 is 5.54 Å². The Bertz CT molecular complexity index is 1040. The summed E-state index contributed by atoms with van der Waals surface area (Å²) in [4.78, 5) is 26.8. The fourth-order valence-corrected chi connectivity index (χ4v) is 4.33. The number of amides is 3. The monoisotopic (exact) mass is 413 g/mol. The van der Waals surface area contributed by atoms with Crippen LogP contribution in [0.4, 0.5) is 10.5 Å². The summed E-state index contributed by atoms with van der Waals surface area (Å²) >= 11 is 0. The van der Waals surface area contributed by atoms with Crippen molar-refractivity contribution >= 4 is 17.6 Å². The van der Waals surface area contributed by atoms with Crippen LogP contribution in [0.1, 0.15) is 25.3 Å². The van der Waals surface area contributed by atoms with Crippen molar-refractivity contribution in [3.63, 3.8) is 0 Å². The molecule has 0 bridgehead atoms. The Morgan fingerprint density at radius 2 is 1.39 bits per heavy atom. The van der Waals surface area contributed by atoms with Crippen LogP contribution in [0.5, 0.6) is 0 Å². The number of nitrogens with one attached hydrogen (secondary N) is 2. The summed E-state index contributed by atoms with van der Waals surface area (Å²) in [5.74, 6) is -0.0569. The fourth-order valence-electron chi connectivity index (χ4n) is 4.33. The van der Waals surface area contributed by atoms with Gasteiger partial charge in [-0.3, -0.25) is 4.79 Å². The number of para-hydroxylation sites is 1. The number of urea groups is 1. The molecule has 1 heterocycles. The normalized spacial score (nSPS) is 15.2. The first-order chi connectivity index (χ1) is 15.1. The Labute approximate surface area is 183 Å². The largest absolute Gasteiger partial charge is 0.347 e. The Morgan fingerprint density at radius 3 is 2.03 bits per heavy atom. The summed E-state index contributed by atoms with van der Waals surface area (Å²) in [5.41, 5.74) is 3.49. The van der Waals surface area contributed by atoms with Crippen molar-refractivity contribution in [2.75, 3.05) is 18.4 Å². The summed E-state index contributed by atoms with van der Waals surface area (Å²) in [6, 6.07) is 27.8. The molecule has 0 unspecified atom stereocenters. The molecule has 2 N–H and O–H groups in total. The van der Waals surface area contributed by atoms with Crippen molar-refractivity contribution < 1.29 is 9.59 Å². The van der Waals surface area contributed by atoms with Gasteiger partial charge in [-0.05, 0) is 30.0 Å². The molecule has 158 valence electrons. The van der Waals surface area contributed by atoms with E-state index in [-0.39, 0.29) is 11.9 Å². The standard InChI is InChI=1S/C26H27N3O2/c1-20(30)28-26(22-12-6-3-7-13-22)16-18-29(19-17-26)25(31)27-24-15-9-8-14-23(24)21-10-4-2-5-11-21/h2-15H,16-19H2,1H3,(H,27,31)(H,28,30). The average molecular weight is 414 g/mol. The molecule has 31 heavy (non-hydrogen) atoms. The zero-order chi connectivity index (χ0) is 21.7. The molecular weight excluding hydrogens is 386 g/mol. The minimum atomic E-state index is -0.439. The molecule has 0 saturated carbocycles. The maximum Gasteiger partial charge on any atom is 0.321 e. The summed E-state index contributed by atoms with van der Waals surface area (Å²) in [6.07, 6.45) is 1.34. The zero-order valence-corrected chi connectivity index (χ0v) is 17.7. The molecule has 3 amide bonds. The maximum atomic E-state index is 13.0. The first-order valence-electron chi connectivity index (χ1n) is 10.6. The molecule has 5 nitrogen and oxygen atoms in total. The fraction of sp³-hybridized carbons (Fsp3) is 0.231. The number of rotatable bonds is 4. The Morgan fingerprint density at radius 1 is 0.806 bits per heavy atom. The second kappa shape index (κ2) is 9.04. The van der Waals surface area contributed by atoms with E-state index in [1.54, 1.807) is 6.92 Å². The highest BCUT2D eigenvalue weighted by atomic mass is 16.2. The molecule has 0 aromatic heterocycles. The van der Waals surface area contributed by atoms with Crippen molar-refractivity contribution in [1.29, 1.82) is 0 Å². The number of nitrogens with zero attached hydrogens (tertiary/aromatic N) is 1. The van der Waals surface area contributed by atoms with Crippen LogP contribution < -0.4 is 10.6 Å². The van der Waals surface area contributed by atoms with Crippen molar-refractivity contribution in [1.82, 2.24) is 10.2 Å². The van der Waals surface area contributed by atoms with Crippen LogP contribution in [0.15, 0.2) is 84.9 Å². The van der Waals surface area contributed by atoms with Gasteiger partial charge in [0.15, 0.2) is 0 Å². The highest BCUT2D eigenvalue weighted by Gasteiger charge is 2.38. The second-order valence-corrected chi connectivity index (χ2v) is 7.96. The zero-order valence-electron chi connectivity index (χ0n) is 17.7. The average Bonchev–Trinajstić information content (AvgIpc) is 2.80. The number of hydrogen-bond donors (Lipinski definition) is 2. The third kappa shape index (κ3) is 4.61. The second-order valence-electron chi connectivity index (χ2n) is 7.96. The highest BCUT2D eigenvalue weighted by Crippen LogP contribution is 2.34. The Kier molecular flexibility index (Phi) is 6.03. The number of piperidine rings is 1. The van der Waals surface area contributed by atoms with Gasteiger partial charge >= 0.3 is 6.03 Å². The summed E-state index contributed by atoms with van der Waals surface area (Å²) in [6.45, 7) is 2.67. The number of likely N-dealkylation sites (tertiary alicyclic amines) is 1. The number of benzene rings is 3. The molecule has 4 rings (SSSR count). The molecule has 1 aliphatic heterocycles. The van der Waals surface area contributed by atoms with E-state index in [2.05, 4.69) is 10.6 Å². The van der Waals surface area contributed by atoms with Gasteiger partial charge in [0.2, 0.25) is 5.91 Å². The van der Waals surface area contributed by atoms with Gasteiger partial charge in [0.25, 0.3) is 0 Å². The highest BCUT2D eigenvalue weighted by molar-refractivity contribution is 5.94. The third-order valence-electron chi connectivity index (χ3n) is 5.90. The quantitative estimate of drug-likeness (QED) is 0.631. The smallest absolute Gasteiger partial charge is 0.321 e. The summed E-state index contributed by atoms with van der Waals surface area (Å²) in [7, 11) is 0. The molecular formula is C26H27N3O2. The number of carbonyl (C=O) groups is 2. The van der Waals surface area contributed by atoms with Gasteiger partial charge in [0.1, 0.15) is 0 Å². The maximum absolute atomic E-state index is 13.0. The van der Waals surface area contributed by atoms with E-state index in [0.717, 1.165) is 22.4 Å². The van der Waals surface area contributed by atoms with E-state index in [1.807, 2.05) is 89.8 Å².